The predicted octanol–water partition coefficient (Wildman–Crippen LogP) is 4.66. The lowest BCUT2D eigenvalue weighted by Gasteiger charge is -2.17. The number of nitrogens with one attached hydrogen (secondary N) is 4. The SMILES string of the molecule is COc1ccc(C2(C(=O)Nc3ccc(-c4cnc5nc4NCCCNS(=O)(=O)c4cccc(c4)N5)cc3)CC2)cc1. The minimum Gasteiger partial charge on any atom is -0.497 e. The van der Waals surface area contributed by atoms with E-state index in [1.807, 2.05) is 48.5 Å². The average Bonchev–Trinajstić information content (AvgIpc) is 3.80. The normalized spacial score (nSPS) is 16.9. The Balaban J connectivity index is 1.21. The molecule has 2 aliphatic rings. The number of ether oxygens (including phenoxy) is 1. The molecule has 3 aromatic carbocycles. The summed E-state index contributed by atoms with van der Waals surface area (Å²) in [5, 5.41) is 9.50. The Morgan fingerprint density at radius 3 is 2.51 bits per heavy atom. The number of nitrogens with zero attached hydrogens (tertiary/aromatic N) is 2. The van der Waals surface area contributed by atoms with Gasteiger partial charge in [-0.1, -0.05) is 30.3 Å². The second-order valence-corrected chi connectivity index (χ2v) is 11.9. The Morgan fingerprint density at radius 1 is 1.00 bits per heavy atom. The lowest BCUT2D eigenvalue weighted by atomic mass is 9.94. The van der Waals surface area contributed by atoms with Gasteiger partial charge >= 0.3 is 0 Å². The van der Waals surface area contributed by atoms with Crippen LogP contribution in [0.1, 0.15) is 24.8 Å². The number of methoxy groups -OCH3 is 1. The first-order chi connectivity index (χ1) is 19.9. The second kappa shape index (κ2) is 10.8. The van der Waals surface area contributed by atoms with Crippen LogP contribution in [0.15, 0.2) is 83.9 Å². The van der Waals surface area contributed by atoms with Crippen molar-refractivity contribution in [2.75, 3.05) is 36.1 Å². The molecule has 10 nitrogen and oxygen atoms in total. The fourth-order valence-electron chi connectivity index (χ4n) is 4.91. The van der Waals surface area contributed by atoms with Crippen molar-refractivity contribution in [2.24, 2.45) is 0 Å². The van der Waals surface area contributed by atoms with Crippen molar-refractivity contribution in [3.63, 3.8) is 0 Å². The van der Waals surface area contributed by atoms with Crippen LogP contribution in [0, 0.1) is 0 Å². The highest BCUT2D eigenvalue weighted by molar-refractivity contribution is 7.89. The molecule has 4 N–H and O–H groups in total. The molecule has 1 aliphatic heterocycles. The van der Waals surface area contributed by atoms with Crippen molar-refractivity contribution in [3.05, 3.63) is 84.6 Å². The molecular weight excluding hydrogens is 540 g/mol. The molecule has 0 unspecified atom stereocenters. The van der Waals surface area contributed by atoms with E-state index in [0.717, 1.165) is 35.3 Å². The van der Waals surface area contributed by atoms with E-state index in [-0.39, 0.29) is 17.3 Å². The summed E-state index contributed by atoms with van der Waals surface area (Å²) >= 11 is 0. The molecule has 1 amide bonds. The fraction of sp³-hybridized carbons (Fsp3) is 0.233. The lowest BCUT2D eigenvalue weighted by molar-refractivity contribution is -0.118. The molecule has 0 saturated heterocycles. The number of rotatable bonds is 5. The largest absolute Gasteiger partial charge is 0.497 e. The number of carbonyl (C=O) groups excluding carboxylic acids is 1. The summed E-state index contributed by atoms with van der Waals surface area (Å²) in [7, 11) is -1.99. The van der Waals surface area contributed by atoms with Gasteiger partial charge in [0.1, 0.15) is 11.6 Å². The summed E-state index contributed by atoms with van der Waals surface area (Å²) < 4.78 is 33.1. The topological polar surface area (TPSA) is 134 Å². The van der Waals surface area contributed by atoms with Gasteiger partial charge in [0.05, 0.1) is 17.4 Å². The number of hydrogen-bond acceptors (Lipinski definition) is 8. The van der Waals surface area contributed by atoms with Crippen molar-refractivity contribution in [2.45, 2.75) is 29.6 Å². The molecule has 11 heteroatoms. The van der Waals surface area contributed by atoms with Gasteiger partial charge in [-0.2, -0.15) is 4.98 Å². The average molecular weight is 571 g/mol. The van der Waals surface area contributed by atoms with Gasteiger partial charge < -0.3 is 20.7 Å². The molecule has 2 heterocycles. The molecule has 1 fully saturated rings. The number of aromatic nitrogens is 2. The maximum Gasteiger partial charge on any atom is 0.240 e. The van der Waals surface area contributed by atoms with Crippen LogP contribution in [0.5, 0.6) is 5.75 Å². The second-order valence-electron chi connectivity index (χ2n) is 10.1. The summed E-state index contributed by atoms with van der Waals surface area (Å²) in [5.41, 5.74) is 3.42. The van der Waals surface area contributed by atoms with Crippen molar-refractivity contribution in [1.82, 2.24) is 14.7 Å². The van der Waals surface area contributed by atoms with Crippen LogP contribution in [0.4, 0.5) is 23.1 Å². The van der Waals surface area contributed by atoms with E-state index < -0.39 is 15.4 Å². The number of sulfonamides is 1. The smallest absolute Gasteiger partial charge is 0.240 e. The third kappa shape index (κ3) is 5.59. The summed E-state index contributed by atoms with van der Waals surface area (Å²) in [6.07, 6.45) is 3.90. The minimum absolute atomic E-state index is 0.0198. The molecule has 0 spiro atoms. The molecule has 1 aromatic heterocycles. The van der Waals surface area contributed by atoms with Gasteiger partial charge in [-0.15, -0.1) is 0 Å². The number of carbonyl (C=O) groups is 1. The van der Waals surface area contributed by atoms with Gasteiger partial charge in [-0.25, -0.2) is 18.1 Å². The van der Waals surface area contributed by atoms with Crippen molar-refractivity contribution >= 4 is 39.1 Å². The molecule has 1 saturated carbocycles. The van der Waals surface area contributed by atoms with Crippen LogP contribution in [0.25, 0.3) is 11.1 Å². The summed E-state index contributed by atoms with van der Waals surface area (Å²) in [6.45, 7) is 0.790. The van der Waals surface area contributed by atoms with Crippen LogP contribution in [-0.4, -0.2) is 44.5 Å². The van der Waals surface area contributed by atoms with Gasteiger partial charge in [0.25, 0.3) is 0 Å². The maximum atomic E-state index is 13.2. The molecule has 4 aromatic rings. The van der Waals surface area contributed by atoms with Crippen LogP contribution < -0.4 is 25.4 Å². The number of fused-ring (bicyclic) bond motifs is 4. The zero-order chi connectivity index (χ0) is 28.5. The van der Waals surface area contributed by atoms with E-state index in [2.05, 4.69) is 30.6 Å². The first kappa shape index (κ1) is 26.7. The first-order valence-corrected chi connectivity index (χ1v) is 14.9. The van der Waals surface area contributed by atoms with Gasteiger partial charge in [0, 0.05) is 36.2 Å². The lowest BCUT2D eigenvalue weighted by Crippen LogP contribution is -2.27. The third-order valence-electron chi connectivity index (χ3n) is 7.41. The minimum atomic E-state index is -3.62. The zero-order valence-electron chi connectivity index (χ0n) is 22.5. The van der Waals surface area contributed by atoms with E-state index in [9.17, 15) is 13.2 Å². The summed E-state index contributed by atoms with van der Waals surface area (Å²) in [4.78, 5) is 22.6. The van der Waals surface area contributed by atoms with E-state index >= 15 is 0 Å². The molecule has 41 heavy (non-hydrogen) atoms. The molecule has 4 bridgehead atoms. The summed E-state index contributed by atoms with van der Waals surface area (Å²) in [6, 6.07) is 21.8. The molecule has 0 atom stereocenters. The highest BCUT2D eigenvalue weighted by Crippen LogP contribution is 2.49. The van der Waals surface area contributed by atoms with E-state index in [4.69, 9.17) is 4.74 Å². The Bertz CT molecular complexity index is 1690. The standard InChI is InChI=1S/C30H30N6O4S/c1-40-24-12-8-21(9-13-24)30(14-15-30)28(37)34-22-10-6-20(7-11-22)26-19-32-29-35-23-4-2-5-25(18-23)41(38,39)33-17-3-16-31-27(26)36-29/h2,4-13,18-19,33H,3,14-17H2,1H3,(H,34,37)(H2,31,32,35,36). The zero-order valence-corrected chi connectivity index (χ0v) is 23.3. The Hall–Kier alpha value is -4.48. The van der Waals surface area contributed by atoms with E-state index in [0.29, 0.717) is 36.1 Å². The van der Waals surface area contributed by atoms with Crippen LogP contribution in [0.2, 0.25) is 0 Å². The monoisotopic (exact) mass is 570 g/mol. The van der Waals surface area contributed by atoms with E-state index in [1.165, 1.54) is 0 Å². The van der Waals surface area contributed by atoms with Crippen molar-refractivity contribution < 1.29 is 17.9 Å². The molecule has 6 rings (SSSR count). The van der Waals surface area contributed by atoms with Gasteiger partial charge in [0.15, 0.2) is 0 Å². The Kier molecular flexibility index (Phi) is 7.06. The number of anilines is 4. The van der Waals surface area contributed by atoms with Gasteiger partial charge in [-0.05, 0) is 72.9 Å². The molecule has 1 aliphatic carbocycles. The van der Waals surface area contributed by atoms with Crippen molar-refractivity contribution in [1.29, 1.82) is 0 Å². The van der Waals surface area contributed by atoms with Crippen LogP contribution in [-0.2, 0) is 20.2 Å². The third-order valence-corrected chi connectivity index (χ3v) is 8.87. The highest BCUT2D eigenvalue weighted by atomic mass is 32.2. The highest BCUT2D eigenvalue weighted by Gasteiger charge is 2.51. The summed E-state index contributed by atoms with van der Waals surface area (Å²) in [5.74, 6) is 1.71. The molecule has 0 radical (unpaired) electrons. The first-order valence-electron chi connectivity index (χ1n) is 13.4. The predicted molar refractivity (Wildman–Crippen MR) is 158 cm³/mol. The van der Waals surface area contributed by atoms with E-state index in [1.54, 1.807) is 37.6 Å². The molecular formula is C30H30N6O4S. The molecule has 210 valence electrons. The van der Waals surface area contributed by atoms with Crippen LogP contribution in [0.3, 0.4) is 0 Å². The Labute approximate surface area is 238 Å². The van der Waals surface area contributed by atoms with Gasteiger partial charge in [-0.3, -0.25) is 4.79 Å². The fourth-order valence-corrected chi connectivity index (χ4v) is 6.03. The van der Waals surface area contributed by atoms with Crippen molar-refractivity contribution in [3.8, 4) is 16.9 Å². The van der Waals surface area contributed by atoms with Gasteiger partial charge in [0.2, 0.25) is 21.9 Å². The quantitative estimate of drug-likeness (QED) is 0.272. The Morgan fingerprint density at radius 2 is 1.78 bits per heavy atom. The number of amides is 1. The van der Waals surface area contributed by atoms with Crippen LogP contribution >= 0.6 is 0 Å². The maximum absolute atomic E-state index is 13.2. The number of hydrogen-bond donors (Lipinski definition) is 4. The number of benzene rings is 3.